The highest BCUT2D eigenvalue weighted by Crippen LogP contribution is 2.20. The molecule has 0 heterocycles. The van der Waals surface area contributed by atoms with Crippen molar-refractivity contribution in [2.45, 2.75) is 33.1 Å². The minimum Gasteiger partial charge on any atom is -0.356 e. The van der Waals surface area contributed by atoms with Gasteiger partial charge in [-0.3, -0.25) is 0 Å². The van der Waals surface area contributed by atoms with Crippen LogP contribution in [0.5, 0.6) is 0 Å². The average molecular weight is 239 g/mol. The van der Waals surface area contributed by atoms with Gasteiger partial charge in [-0.1, -0.05) is 45.0 Å². The molecule has 0 radical (unpaired) electrons. The number of aryl methyl sites for hydroxylation is 1. The van der Waals surface area contributed by atoms with E-state index < -0.39 is 0 Å². The normalized spacial score (nSPS) is 10.7. The molecule has 1 N–H and O–H groups in total. The molecule has 0 atom stereocenters. The Labute approximate surface area is 110 Å². The molecule has 0 unspecified atom stereocenters. The van der Waals surface area contributed by atoms with Crippen LogP contribution in [0, 0.1) is 0 Å². The summed E-state index contributed by atoms with van der Waals surface area (Å²) in [6.07, 6.45) is 1.09. The summed E-state index contributed by atoms with van der Waals surface area (Å²) in [6, 6.07) is 17.3. The van der Waals surface area contributed by atoms with Crippen LogP contribution in [0.25, 0.3) is 0 Å². The van der Waals surface area contributed by atoms with Crippen LogP contribution in [0.4, 0.5) is 11.4 Å². The molecule has 2 rings (SSSR count). The van der Waals surface area contributed by atoms with Gasteiger partial charge < -0.3 is 5.32 Å². The minimum absolute atomic E-state index is 0.586. The molecule has 0 saturated carbocycles. The van der Waals surface area contributed by atoms with E-state index in [1.54, 1.807) is 0 Å². The number of anilines is 2. The number of rotatable bonds is 4. The number of hydrogen-bond donors (Lipinski definition) is 1. The van der Waals surface area contributed by atoms with Gasteiger partial charge in [0.25, 0.3) is 0 Å². The van der Waals surface area contributed by atoms with Crippen molar-refractivity contribution >= 4 is 11.4 Å². The molecule has 0 aliphatic carbocycles. The Morgan fingerprint density at radius 2 is 1.33 bits per heavy atom. The molecule has 0 saturated heterocycles. The Kier molecular flexibility index (Phi) is 4.03. The molecule has 1 nitrogen and oxygen atoms in total. The van der Waals surface area contributed by atoms with Crippen molar-refractivity contribution < 1.29 is 0 Å². The first-order chi connectivity index (χ1) is 8.69. The molecule has 0 spiro atoms. The van der Waals surface area contributed by atoms with Crippen molar-refractivity contribution in [3.63, 3.8) is 0 Å². The van der Waals surface area contributed by atoms with E-state index in [-0.39, 0.29) is 0 Å². The zero-order valence-corrected chi connectivity index (χ0v) is 11.4. The lowest BCUT2D eigenvalue weighted by Gasteiger charge is -2.09. The summed E-state index contributed by atoms with van der Waals surface area (Å²) >= 11 is 0. The smallest absolute Gasteiger partial charge is 0.0384 e. The Morgan fingerprint density at radius 1 is 0.833 bits per heavy atom. The maximum atomic E-state index is 3.42. The van der Waals surface area contributed by atoms with Crippen molar-refractivity contribution in [3.8, 4) is 0 Å². The van der Waals surface area contributed by atoms with Gasteiger partial charge in [-0.05, 0) is 47.7 Å². The molecular weight excluding hydrogens is 218 g/mol. The third kappa shape index (κ3) is 3.13. The van der Waals surface area contributed by atoms with Crippen molar-refractivity contribution in [2.24, 2.45) is 0 Å². The first-order valence-corrected chi connectivity index (χ1v) is 6.65. The summed E-state index contributed by atoms with van der Waals surface area (Å²) in [6.45, 7) is 6.60. The second-order valence-electron chi connectivity index (χ2n) is 4.95. The first-order valence-electron chi connectivity index (χ1n) is 6.65. The molecule has 2 aromatic carbocycles. The fourth-order valence-corrected chi connectivity index (χ4v) is 1.94. The predicted octanol–water partition coefficient (Wildman–Crippen LogP) is 5.12. The van der Waals surface area contributed by atoms with E-state index >= 15 is 0 Å². The summed E-state index contributed by atoms with van der Waals surface area (Å²) in [7, 11) is 0. The third-order valence-corrected chi connectivity index (χ3v) is 3.23. The number of benzene rings is 2. The Morgan fingerprint density at radius 3 is 1.78 bits per heavy atom. The predicted molar refractivity (Wildman–Crippen MR) is 79.6 cm³/mol. The first kappa shape index (κ1) is 12.7. The largest absolute Gasteiger partial charge is 0.356 e. The van der Waals surface area contributed by atoms with Crippen molar-refractivity contribution in [3.05, 3.63) is 59.7 Å². The number of hydrogen-bond acceptors (Lipinski definition) is 1. The second kappa shape index (κ2) is 5.72. The highest BCUT2D eigenvalue weighted by Gasteiger charge is 1.99. The van der Waals surface area contributed by atoms with Gasteiger partial charge in [0.2, 0.25) is 0 Å². The summed E-state index contributed by atoms with van der Waals surface area (Å²) < 4.78 is 0. The molecule has 0 aliphatic heterocycles. The zero-order valence-electron chi connectivity index (χ0n) is 11.4. The molecule has 18 heavy (non-hydrogen) atoms. The molecule has 0 bridgehead atoms. The lowest BCUT2D eigenvalue weighted by molar-refractivity contribution is 0.867. The zero-order chi connectivity index (χ0) is 13.0. The van der Waals surface area contributed by atoms with E-state index in [0.29, 0.717) is 5.92 Å². The molecule has 2 aromatic rings. The summed E-state index contributed by atoms with van der Waals surface area (Å²) in [5, 5.41) is 3.42. The van der Waals surface area contributed by atoms with Crippen LogP contribution in [0.1, 0.15) is 37.8 Å². The Balaban J connectivity index is 2.08. The molecule has 0 aliphatic rings. The van der Waals surface area contributed by atoms with Crippen LogP contribution < -0.4 is 5.32 Å². The molecule has 1 heteroatoms. The Bertz CT molecular complexity index is 480. The maximum absolute atomic E-state index is 3.42. The van der Waals surface area contributed by atoms with Crippen molar-refractivity contribution in [1.29, 1.82) is 0 Å². The van der Waals surface area contributed by atoms with E-state index in [4.69, 9.17) is 0 Å². The van der Waals surface area contributed by atoms with E-state index in [1.807, 2.05) is 0 Å². The van der Waals surface area contributed by atoms with Gasteiger partial charge in [0.15, 0.2) is 0 Å². The number of nitrogens with one attached hydrogen (secondary N) is 1. The third-order valence-electron chi connectivity index (χ3n) is 3.23. The van der Waals surface area contributed by atoms with Gasteiger partial charge in [-0.2, -0.15) is 0 Å². The topological polar surface area (TPSA) is 12.0 Å². The quantitative estimate of drug-likeness (QED) is 0.781. The minimum atomic E-state index is 0.586. The summed E-state index contributed by atoms with van der Waals surface area (Å²) in [5.41, 5.74) is 5.03. The lowest BCUT2D eigenvalue weighted by atomic mass is 10.0. The van der Waals surface area contributed by atoms with Crippen LogP contribution >= 0.6 is 0 Å². The van der Waals surface area contributed by atoms with E-state index in [1.165, 1.54) is 11.1 Å². The molecule has 0 amide bonds. The Hall–Kier alpha value is -1.76. The second-order valence-corrected chi connectivity index (χ2v) is 4.95. The monoisotopic (exact) mass is 239 g/mol. The van der Waals surface area contributed by atoms with E-state index in [0.717, 1.165) is 17.8 Å². The summed E-state index contributed by atoms with van der Waals surface area (Å²) in [5.74, 6) is 0.586. The molecular formula is C17H21N. The fraction of sp³-hybridized carbons (Fsp3) is 0.294. The SMILES string of the molecule is CCc1ccc(Nc2ccc(C(C)C)cc2)cc1. The van der Waals surface area contributed by atoms with Crippen LogP contribution in [-0.4, -0.2) is 0 Å². The van der Waals surface area contributed by atoms with Gasteiger partial charge in [0, 0.05) is 11.4 Å². The van der Waals surface area contributed by atoms with Crippen LogP contribution in [-0.2, 0) is 6.42 Å². The lowest BCUT2D eigenvalue weighted by Crippen LogP contribution is -1.92. The van der Waals surface area contributed by atoms with Crippen LogP contribution in [0.15, 0.2) is 48.5 Å². The van der Waals surface area contributed by atoms with E-state index in [9.17, 15) is 0 Å². The van der Waals surface area contributed by atoms with Gasteiger partial charge in [0.1, 0.15) is 0 Å². The van der Waals surface area contributed by atoms with Crippen molar-refractivity contribution in [2.75, 3.05) is 5.32 Å². The molecule has 94 valence electrons. The standard InChI is InChI=1S/C17H21N/c1-4-14-5-9-16(10-6-14)18-17-11-7-15(8-12-17)13(2)3/h5-13,18H,4H2,1-3H3. The van der Waals surface area contributed by atoms with Gasteiger partial charge in [-0.25, -0.2) is 0 Å². The average Bonchev–Trinajstić information content (AvgIpc) is 2.40. The highest BCUT2D eigenvalue weighted by atomic mass is 14.9. The van der Waals surface area contributed by atoms with E-state index in [2.05, 4.69) is 74.6 Å². The fourth-order valence-electron chi connectivity index (χ4n) is 1.94. The summed E-state index contributed by atoms with van der Waals surface area (Å²) in [4.78, 5) is 0. The van der Waals surface area contributed by atoms with Crippen LogP contribution in [0.2, 0.25) is 0 Å². The molecule has 0 aromatic heterocycles. The highest BCUT2D eigenvalue weighted by molar-refractivity contribution is 5.60. The molecule has 0 fully saturated rings. The van der Waals surface area contributed by atoms with Crippen LogP contribution in [0.3, 0.4) is 0 Å². The van der Waals surface area contributed by atoms with Gasteiger partial charge >= 0.3 is 0 Å². The maximum Gasteiger partial charge on any atom is 0.0384 e. The van der Waals surface area contributed by atoms with Crippen molar-refractivity contribution in [1.82, 2.24) is 0 Å². The van der Waals surface area contributed by atoms with Gasteiger partial charge in [-0.15, -0.1) is 0 Å². The van der Waals surface area contributed by atoms with Gasteiger partial charge in [0.05, 0.1) is 0 Å².